The van der Waals surface area contributed by atoms with Crippen molar-refractivity contribution in [3.05, 3.63) is 7.11 Å². The van der Waals surface area contributed by atoms with Crippen LogP contribution >= 0.6 is 0 Å². The second kappa shape index (κ2) is 8.60. The molecule has 2 rings (SSSR count). The maximum Gasteiger partial charge on any atom is 0.0571 e. The molecular weight excluding hydrogens is 325 g/mol. The van der Waals surface area contributed by atoms with E-state index >= 15 is 0 Å². The van der Waals surface area contributed by atoms with Crippen LogP contribution in [0, 0.1) is 24.4 Å². The van der Waals surface area contributed by atoms with Gasteiger partial charge in [0.25, 0.3) is 0 Å². The maximum absolute atomic E-state index is 5.50. The molecule has 2 saturated carbocycles. The van der Waals surface area contributed by atoms with Crippen molar-refractivity contribution in [3.63, 3.8) is 0 Å². The average molecular weight is 356 g/mol. The minimum atomic E-state index is 0. The molecule has 2 aliphatic carbocycles. The van der Waals surface area contributed by atoms with Crippen molar-refractivity contribution in [2.45, 2.75) is 77.4 Å². The Balaban J connectivity index is 0.00000200. The Kier molecular flexibility index (Phi) is 8.20. The second-order valence-electron chi connectivity index (χ2n) is 7.17. The van der Waals surface area contributed by atoms with E-state index in [1.165, 1.54) is 51.4 Å². The van der Waals surface area contributed by atoms with Crippen LogP contribution in [0.1, 0.15) is 65.2 Å². The summed E-state index contributed by atoms with van der Waals surface area (Å²) in [7, 11) is 5.45. The van der Waals surface area contributed by atoms with Crippen molar-refractivity contribution in [2.24, 2.45) is 17.3 Å². The molecule has 0 aromatic heterocycles. The first-order chi connectivity index (χ1) is 9.07. The molecule has 0 aromatic rings. The number of ether oxygens (including phenoxy) is 2. The van der Waals surface area contributed by atoms with Crippen molar-refractivity contribution in [2.75, 3.05) is 7.11 Å². The molecule has 0 saturated heterocycles. The van der Waals surface area contributed by atoms with E-state index in [2.05, 4.69) is 21.0 Å². The van der Waals surface area contributed by atoms with Crippen molar-refractivity contribution >= 4 is 0 Å². The number of rotatable bonds is 4. The van der Waals surface area contributed by atoms with Crippen LogP contribution in [0.4, 0.5) is 0 Å². The normalized spacial score (nSPS) is 35.4. The van der Waals surface area contributed by atoms with Gasteiger partial charge < -0.3 is 9.47 Å². The minimum absolute atomic E-state index is 0. The fourth-order valence-corrected chi connectivity index (χ4v) is 4.35. The average Bonchev–Trinajstić information content (AvgIpc) is 2.47. The zero-order valence-corrected chi connectivity index (χ0v) is 16.4. The summed E-state index contributed by atoms with van der Waals surface area (Å²) in [6.07, 6.45) is 11.2. The van der Waals surface area contributed by atoms with Gasteiger partial charge in [-0.25, -0.2) is 7.11 Å². The van der Waals surface area contributed by atoms with E-state index < -0.39 is 0 Å². The van der Waals surface area contributed by atoms with Gasteiger partial charge in [-0.1, -0.05) is 13.8 Å². The van der Waals surface area contributed by atoms with Gasteiger partial charge in [-0.15, -0.1) is 0 Å². The van der Waals surface area contributed by atoms with E-state index in [0.717, 1.165) is 11.8 Å². The first-order valence-corrected chi connectivity index (χ1v) is 8.01. The molecule has 1 radical (unpaired) electrons. The molecule has 0 atom stereocenters. The largest absolute Gasteiger partial charge is 0.553 e. The Morgan fingerprint density at radius 3 is 1.55 bits per heavy atom. The van der Waals surface area contributed by atoms with E-state index in [4.69, 9.17) is 9.47 Å². The Hall–Kier alpha value is 1.02. The molecule has 0 bridgehead atoms. The van der Waals surface area contributed by atoms with Gasteiger partial charge >= 0.3 is 0 Å². The molecule has 0 aliphatic heterocycles. The molecule has 2 nitrogen and oxygen atoms in total. The van der Waals surface area contributed by atoms with Gasteiger partial charge in [-0.2, -0.15) is 0 Å². The van der Waals surface area contributed by atoms with Gasteiger partial charge in [0.2, 0.25) is 0 Å². The number of hydrogen-bond donors (Lipinski definition) is 0. The fraction of sp³-hybridized carbons (Fsp3) is 0.941. The summed E-state index contributed by atoms with van der Waals surface area (Å²) >= 11 is 0. The molecule has 0 N–H and O–H groups in total. The van der Waals surface area contributed by atoms with Crippen molar-refractivity contribution in [3.8, 4) is 0 Å². The molecule has 2 fully saturated rings. The third-order valence-electron chi connectivity index (χ3n) is 6.02. The Morgan fingerprint density at radius 1 is 0.800 bits per heavy atom. The van der Waals surface area contributed by atoms with E-state index in [9.17, 15) is 0 Å². The number of methoxy groups -OCH3 is 1. The summed E-state index contributed by atoms with van der Waals surface area (Å²) in [6, 6.07) is 0. The molecule has 0 unspecified atom stereocenters. The van der Waals surface area contributed by atoms with Crippen LogP contribution in [0.3, 0.4) is 0 Å². The summed E-state index contributed by atoms with van der Waals surface area (Å²) < 4.78 is 10.8. The summed E-state index contributed by atoms with van der Waals surface area (Å²) in [4.78, 5) is 0. The standard InChI is InChI=1S/C17H31O2.Y/c1-17(2,13-5-9-15(18-3)10-6-13)14-7-11-16(19-4)12-8-14;/h13-16H,3,5-12H2,1-2,4H3;/q-1;. The Labute approximate surface area is 150 Å². The van der Waals surface area contributed by atoms with E-state index in [-0.39, 0.29) is 32.7 Å². The van der Waals surface area contributed by atoms with Gasteiger partial charge in [-0.05, 0) is 68.6 Å². The van der Waals surface area contributed by atoms with Crippen LogP contribution in [0.5, 0.6) is 0 Å². The summed E-state index contributed by atoms with van der Waals surface area (Å²) in [6.45, 7) is 5.00. The van der Waals surface area contributed by atoms with Gasteiger partial charge in [0.05, 0.1) is 6.10 Å². The predicted molar refractivity (Wildman–Crippen MR) is 78.7 cm³/mol. The smallest absolute Gasteiger partial charge is 0.0571 e. The van der Waals surface area contributed by atoms with Gasteiger partial charge in [0, 0.05) is 45.9 Å². The fourth-order valence-electron chi connectivity index (χ4n) is 4.35. The van der Waals surface area contributed by atoms with E-state index in [1.54, 1.807) is 0 Å². The van der Waals surface area contributed by atoms with Crippen LogP contribution in [-0.4, -0.2) is 19.3 Å². The van der Waals surface area contributed by atoms with Crippen LogP contribution < -0.4 is 0 Å². The third-order valence-corrected chi connectivity index (χ3v) is 6.02. The van der Waals surface area contributed by atoms with Crippen molar-refractivity contribution < 1.29 is 42.2 Å². The molecule has 115 valence electrons. The quantitative estimate of drug-likeness (QED) is 0.687. The van der Waals surface area contributed by atoms with Crippen LogP contribution in [0.2, 0.25) is 0 Å². The predicted octanol–water partition coefficient (Wildman–Crippen LogP) is 4.58. The zero-order chi connectivity index (χ0) is 13.9. The van der Waals surface area contributed by atoms with Gasteiger partial charge in [0.1, 0.15) is 0 Å². The molecule has 0 heterocycles. The minimum Gasteiger partial charge on any atom is -0.553 e. The summed E-state index contributed by atoms with van der Waals surface area (Å²) in [5, 5.41) is 0. The monoisotopic (exact) mass is 356 g/mol. The second-order valence-corrected chi connectivity index (χ2v) is 7.17. The van der Waals surface area contributed by atoms with Crippen LogP contribution in [0.25, 0.3) is 0 Å². The molecule has 2 aliphatic rings. The Morgan fingerprint density at radius 2 is 1.20 bits per heavy atom. The first kappa shape index (κ1) is 19.1. The molecule has 0 aromatic carbocycles. The van der Waals surface area contributed by atoms with E-state index in [1.807, 2.05) is 7.11 Å². The zero-order valence-electron chi connectivity index (χ0n) is 13.6. The first-order valence-electron chi connectivity index (χ1n) is 8.01. The van der Waals surface area contributed by atoms with Gasteiger partial charge in [-0.3, -0.25) is 0 Å². The molecular formula is C17H31O2Y-. The van der Waals surface area contributed by atoms with Crippen LogP contribution in [0.15, 0.2) is 0 Å². The molecule has 0 amide bonds. The summed E-state index contributed by atoms with van der Waals surface area (Å²) in [5.74, 6) is 1.74. The molecule has 20 heavy (non-hydrogen) atoms. The van der Waals surface area contributed by atoms with Crippen molar-refractivity contribution in [1.29, 1.82) is 0 Å². The third kappa shape index (κ3) is 4.51. The molecule has 0 spiro atoms. The summed E-state index contributed by atoms with van der Waals surface area (Å²) in [5.41, 5.74) is 0.477. The number of hydrogen-bond acceptors (Lipinski definition) is 2. The van der Waals surface area contributed by atoms with Gasteiger partial charge in [0.15, 0.2) is 0 Å². The maximum atomic E-state index is 5.50. The van der Waals surface area contributed by atoms with Crippen LogP contribution in [-0.2, 0) is 42.2 Å². The SMILES string of the molecule is [CH2-]OC1CCC(C(C)(C)C2CCC(OC)CC2)CC1.[Y]. The topological polar surface area (TPSA) is 18.5 Å². The van der Waals surface area contributed by atoms with E-state index in [0.29, 0.717) is 17.6 Å². The van der Waals surface area contributed by atoms with Crippen molar-refractivity contribution in [1.82, 2.24) is 0 Å². The molecule has 3 heteroatoms. The Bertz CT molecular complexity index is 238.